The van der Waals surface area contributed by atoms with E-state index in [-0.39, 0.29) is 23.7 Å². The number of rotatable bonds is 5. The maximum Gasteiger partial charge on any atom is 0.240 e. The molecule has 0 spiro atoms. The number of likely N-dealkylation sites (N-methyl/N-ethyl adjacent to an activating group) is 1. The van der Waals surface area contributed by atoms with Crippen molar-refractivity contribution in [1.82, 2.24) is 15.5 Å². The number of nitrogens with zero attached hydrogens (tertiary/aromatic N) is 2. The quantitative estimate of drug-likeness (QED) is 0.628. The number of benzene rings is 2. The summed E-state index contributed by atoms with van der Waals surface area (Å²) in [6.07, 6.45) is -0.257. The van der Waals surface area contributed by atoms with Crippen molar-refractivity contribution in [1.29, 1.82) is 0 Å². The molecule has 182 valence electrons. The molecule has 2 heterocycles. The zero-order chi connectivity index (χ0) is 24.7. The van der Waals surface area contributed by atoms with Crippen LogP contribution in [0.5, 0.6) is 0 Å². The largest absolute Gasteiger partial charge is 0.391 e. The van der Waals surface area contributed by atoms with Crippen LogP contribution in [0.25, 0.3) is 11.1 Å². The Morgan fingerprint density at radius 2 is 1.94 bits per heavy atom. The summed E-state index contributed by atoms with van der Waals surface area (Å²) >= 11 is 0. The molecular formula is C26H33FN4O3. The van der Waals surface area contributed by atoms with E-state index in [4.69, 9.17) is 4.84 Å². The molecule has 2 aliphatic rings. The van der Waals surface area contributed by atoms with Gasteiger partial charge in [0.05, 0.1) is 18.2 Å². The predicted molar refractivity (Wildman–Crippen MR) is 129 cm³/mol. The zero-order valence-corrected chi connectivity index (χ0v) is 20.3. The van der Waals surface area contributed by atoms with E-state index in [1.165, 1.54) is 6.07 Å². The van der Waals surface area contributed by atoms with Gasteiger partial charge in [0, 0.05) is 31.0 Å². The number of nitrogens with one attached hydrogen (secondary N) is 2. The fourth-order valence-corrected chi connectivity index (χ4v) is 4.77. The summed E-state index contributed by atoms with van der Waals surface area (Å²) in [5.74, 6) is 0.153. The highest BCUT2D eigenvalue weighted by Gasteiger charge is 2.46. The first-order chi connectivity index (χ1) is 16.0. The number of halogens is 1. The summed E-state index contributed by atoms with van der Waals surface area (Å²) in [6.45, 7) is 8.11. The molecule has 7 nitrogen and oxygen atoms in total. The standard InChI is InChI=1S/C26H33FN4O3/c1-25(2,3)22(28-5)24(33)31-15-18(32)14-21(31)23-29-26(4,34-30-23)17-12-10-16(11-13-17)19-8-6-7-9-20(19)27/h6-13,18,21-22,28,32H,14-15H2,1-5H3,(H,29,30)/t18-,21+,22-,26?/m1/s1. The number of likely N-dealkylation sites (tertiary alicyclic amines) is 1. The normalized spacial score (nSPS) is 25.5. The van der Waals surface area contributed by atoms with Crippen molar-refractivity contribution in [3.05, 3.63) is 59.9 Å². The number of aliphatic hydroxyl groups is 1. The second-order valence-electron chi connectivity index (χ2n) is 10.3. The van der Waals surface area contributed by atoms with Crippen LogP contribution in [0, 0.1) is 11.2 Å². The number of carbonyl (C=O) groups is 1. The molecule has 0 bridgehead atoms. The van der Waals surface area contributed by atoms with Gasteiger partial charge in [-0.1, -0.05) is 68.4 Å². The van der Waals surface area contributed by atoms with Crippen LogP contribution in [-0.4, -0.2) is 53.5 Å². The van der Waals surface area contributed by atoms with E-state index in [1.54, 1.807) is 30.1 Å². The lowest BCUT2D eigenvalue weighted by molar-refractivity contribution is -0.136. The molecule has 3 N–H and O–H groups in total. The van der Waals surface area contributed by atoms with Crippen LogP contribution >= 0.6 is 0 Å². The molecule has 4 atom stereocenters. The molecule has 34 heavy (non-hydrogen) atoms. The Morgan fingerprint density at radius 3 is 2.56 bits per heavy atom. The van der Waals surface area contributed by atoms with Crippen LogP contribution < -0.4 is 10.6 Å². The van der Waals surface area contributed by atoms with Gasteiger partial charge in [0.1, 0.15) is 5.82 Å². The number of oxime groups is 1. The minimum absolute atomic E-state index is 0.0797. The molecule has 1 unspecified atom stereocenters. The van der Waals surface area contributed by atoms with Crippen LogP contribution in [-0.2, 0) is 15.4 Å². The molecule has 8 heteroatoms. The summed E-state index contributed by atoms with van der Waals surface area (Å²) in [5, 5.41) is 21.1. The smallest absolute Gasteiger partial charge is 0.240 e. The molecule has 0 radical (unpaired) electrons. The van der Waals surface area contributed by atoms with Crippen molar-refractivity contribution in [2.24, 2.45) is 10.6 Å². The van der Waals surface area contributed by atoms with Gasteiger partial charge in [-0.25, -0.2) is 4.39 Å². The van der Waals surface area contributed by atoms with Gasteiger partial charge in [0.2, 0.25) is 11.6 Å². The summed E-state index contributed by atoms with van der Waals surface area (Å²) < 4.78 is 14.2. The van der Waals surface area contributed by atoms with E-state index in [0.717, 1.165) is 11.1 Å². The van der Waals surface area contributed by atoms with Crippen molar-refractivity contribution in [2.45, 2.75) is 58.0 Å². The molecule has 1 fully saturated rings. The molecule has 0 aliphatic carbocycles. The Labute approximate surface area is 200 Å². The number of hydrogen-bond acceptors (Lipinski definition) is 6. The second kappa shape index (κ2) is 9.00. The molecule has 1 amide bonds. The average Bonchev–Trinajstić information content (AvgIpc) is 3.37. The van der Waals surface area contributed by atoms with E-state index in [1.807, 2.05) is 52.0 Å². The molecule has 2 aromatic carbocycles. The molecule has 4 rings (SSSR count). The minimum atomic E-state index is -0.947. The first kappa shape index (κ1) is 24.2. The van der Waals surface area contributed by atoms with Gasteiger partial charge >= 0.3 is 0 Å². The van der Waals surface area contributed by atoms with Crippen LogP contribution in [0.2, 0.25) is 0 Å². The van der Waals surface area contributed by atoms with E-state index in [2.05, 4.69) is 15.8 Å². The van der Waals surface area contributed by atoms with Crippen molar-refractivity contribution in [3.8, 4) is 11.1 Å². The van der Waals surface area contributed by atoms with Gasteiger partial charge in [0.15, 0.2) is 5.84 Å². The van der Waals surface area contributed by atoms with Gasteiger partial charge in [-0.2, -0.15) is 0 Å². The topological polar surface area (TPSA) is 86.2 Å². The van der Waals surface area contributed by atoms with E-state index in [9.17, 15) is 14.3 Å². The fourth-order valence-electron chi connectivity index (χ4n) is 4.77. The predicted octanol–water partition coefficient (Wildman–Crippen LogP) is 3.19. The summed E-state index contributed by atoms with van der Waals surface area (Å²) in [7, 11) is 1.77. The Bertz CT molecular complexity index is 1080. The Hall–Kier alpha value is -2.97. The van der Waals surface area contributed by atoms with E-state index < -0.39 is 23.9 Å². The highest BCUT2D eigenvalue weighted by molar-refractivity contribution is 5.94. The monoisotopic (exact) mass is 468 g/mol. The zero-order valence-electron chi connectivity index (χ0n) is 20.3. The van der Waals surface area contributed by atoms with Crippen molar-refractivity contribution in [3.63, 3.8) is 0 Å². The summed E-state index contributed by atoms with van der Waals surface area (Å²) in [6, 6.07) is 13.3. The summed E-state index contributed by atoms with van der Waals surface area (Å²) in [4.78, 5) is 20.9. The molecule has 0 saturated carbocycles. The van der Waals surface area contributed by atoms with Gasteiger partial charge < -0.3 is 25.5 Å². The number of amidine groups is 1. The Balaban J connectivity index is 1.52. The van der Waals surface area contributed by atoms with Crippen LogP contribution in [0.4, 0.5) is 4.39 Å². The van der Waals surface area contributed by atoms with Crippen LogP contribution in [0.15, 0.2) is 53.7 Å². The third-order valence-electron chi connectivity index (χ3n) is 6.59. The highest BCUT2D eigenvalue weighted by atomic mass is 19.1. The number of amides is 1. The minimum Gasteiger partial charge on any atom is -0.391 e. The van der Waals surface area contributed by atoms with Gasteiger partial charge in [0.25, 0.3) is 0 Å². The Morgan fingerprint density at radius 1 is 1.26 bits per heavy atom. The maximum absolute atomic E-state index is 14.2. The van der Waals surface area contributed by atoms with Crippen molar-refractivity contribution >= 4 is 11.7 Å². The number of β-amino-alcohol motifs (C(OH)–C–C–N with tert-alkyl or cyclic N) is 1. The Kier molecular flexibility index (Phi) is 6.40. The fraction of sp³-hybridized carbons (Fsp3) is 0.462. The number of hydrogen-bond donors (Lipinski definition) is 3. The van der Waals surface area contributed by atoms with Gasteiger partial charge in [-0.05, 0) is 24.1 Å². The molecule has 0 aromatic heterocycles. The average molecular weight is 469 g/mol. The SMILES string of the molecule is CN[C@H](C(=O)N1C[C@H](O)C[C@H]1C1=NOC(C)(c2ccc(-c3ccccc3F)cc2)N1)C(C)(C)C. The van der Waals surface area contributed by atoms with E-state index in [0.29, 0.717) is 17.8 Å². The first-order valence-corrected chi connectivity index (χ1v) is 11.6. The molecule has 2 aliphatic heterocycles. The van der Waals surface area contributed by atoms with Crippen molar-refractivity contribution < 1.29 is 19.1 Å². The molecule has 1 saturated heterocycles. The van der Waals surface area contributed by atoms with Gasteiger partial charge in [-0.3, -0.25) is 4.79 Å². The lowest BCUT2D eigenvalue weighted by Gasteiger charge is -2.35. The van der Waals surface area contributed by atoms with Crippen molar-refractivity contribution in [2.75, 3.05) is 13.6 Å². The lowest BCUT2D eigenvalue weighted by Crippen LogP contribution is -2.56. The molecule has 2 aromatic rings. The van der Waals surface area contributed by atoms with E-state index >= 15 is 0 Å². The molecular weight excluding hydrogens is 435 g/mol. The summed E-state index contributed by atoms with van der Waals surface area (Å²) in [5.41, 5.74) is 0.868. The highest BCUT2D eigenvalue weighted by Crippen LogP contribution is 2.33. The lowest BCUT2D eigenvalue weighted by atomic mass is 9.85. The second-order valence-corrected chi connectivity index (χ2v) is 10.3. The van der Waals surface area contributed by atoms with Crippen LogP contribution in [0.3, 0.4) is 0 Å². The third kappa shape index (κ3) is 4.52. The first-order valence-electron chi connectivity index (χ1n) is 11.6. The third-order valence-corrected chi connectivity index (χ3v) is 6.59. The number of aliphatic hydroxyl groups excluding tert-OH is 1. The number of carbonyl (C=O) groups excluding carboxylic acids is 1. The maximum atomic E-state index is 14.2. The van der Waals surface area contributed by atoms with Gasteiger partial charge in [-0.15, -0.1) is 0 Å². The van der Waals surface area contributed by atoms with Crippen LogP contribution in [0.1, 0.15) is 39.7 Å².